The van der Waals surface area contributed by atoms with E-state index in [1.54, 1.807) is 18.5 Å². The van der Waals surface area contributed by atoms with Crippen LogP contribution in [0.25, 0.3) is 11.1 Å². The number of fused-ring (bicyclic) bond motifs is 3. The minimum absolute atomic E-state index is 0.138. The fraction of sp³-hybridized carbons (Fsp3) is 0.238. The van der Waals surface area contributed by atoms with Crippen molar-refractivity contribution in [2.75, 3.05) is 24.5 Å². The van der Waals surface area contributed by atoms with Crippen LogP contribution in [0.3, 0.4) is 0 Å². The molecule has 1 saturated heterocycles. The fourth-order valence-electron chi connectivity index (χ4n) is 4.50. The summed E-state index contributed by atoms with van der Waals surface area (Å²) >= 11 is 6.44. The number of hydrogen-bond donors (Lipinski definition) is 1. The number of benzene rings is 2. The number of hydrogen-bond acceptors (Lipinski definition) is 4. The zero-order valence-corrected chi connectivity index (χ0v) is 15.4. The number of piperazine rings is 1. The zero-order chi connectivity index (χ0) is 18.4. The Labute approximate surface area is 162 Å². The van der Waals surface area contributed by atoms with Crippen molar-refractivity contribution in [1.82, 2.24) is 15.3 Å². The second-order valence-corrected chi connectivity index (χ2v) is 7.45. The van der Waals surface area contributed by atoms with Crippen molar-refractivity contribution in [3.05, 3.63) is 77.1 Å². The lowest BCUT2D eigenvalue weighted by Crippen LogP contribution is -2.57. The van der Waals surface area contributed by atoms with Crippen LogP contribution < -0.4 is 10.2 Å². The first-order chi connectivity index (χ1) is 13.2. The maximum atomic E-state index is 14.8. The molecule has 0 bridgehead atoms. The van der Waals surface area contributed by atoms with Gasteiger partial charge in [-0.2, -0.15) is 0 Å². The lowest BCUT2D eigenvalue weighted by Gasteiger charge is -2.45. The average molecular weight is 381 g/mol. The van der Waals surface area contributed by atoms with Gasteiger partial charge >= 0.3 is 0 Å². The van der Waals surface area contributed by atoms with E-state index >= 15 is 0 Å². The van der Waals surface area contributed by atoms with E-state index in [2.05, 4.69) is 44.5 Å². The molecule has 1 atom stereocenters. The topological polar surface area (TPSA) is 41.1 Å². The summed E-state index contributed by atoms with van der Waals surface area (Å²) in [7, 11) is 0. The van der Waals surface area contributed by atoms with Crippen LogP contribution in [0.4, 0.5) is 10.1 Å². The van der Waals surface area contributed by atoms with Crippen LogP contribution in [0.15, 0.2) is 55.1 Å². The molecule has 0 spiro atoms. The molecule has 2 aliphatic rings. The van der Waals surface area contributed by atoms with Crippen LogP contribution in [0.2, 0.25) is 5.02 Å². The van der Waals surface area contributed by atoms with Gasteiger partial charge in [0.15, 0.2) is 0 Å². The molecule has 27 heavy (non-hydrogen) atoms. The van der Waals surface area contributed by atoms with Gasteiger partial charge in [-0.3, -0.25) is 0 Å². The first kappa shape index (κ1) is 16.7. The number of anilines is 1. The third kappa shape index (κ3) is 2.46. The molecule has 2 aromatic carbocycles. The normalized spacial score (nSPS) is 21.0. The minimum Gasteiger partial charge on any atom is -0.359 e. The molecule has 4 nitrogen and oxygen atoms in total. The number of aromatic nitrogens is 2. The second kappa shape index (κ2) is 6.29. The van der Waals surface area contributed by atoms with Gasteiger partial charge in [0.25, 0.3) is 0 Å². The average Bonchev–Trinajstić information content (AvgIpc) is 3.05. The van der Waals surface area contributed by atoms with E-state index in [1.165, 1.54) is 11.9 Å². The van der Waals surface area contributed by atoms with E-state index in [4.69, 9.17) is 11.6 Å². The Balaban J connectivity index is 1.75. The monoisotopic (exact) mass is 380 g/mol. The van der Waals surface area contributed by atoms with Gasteiger partial charge in [0.1, 0.15) is 12.1 Å². The molecule has 3 aromatic rings. The molecular weight excluding hydrogens is 363 g/mol. The summed E-state index contributed by atoms with van der Waals surface area (Å²) < 4.78 is 14.8. The highest BCUT2D eigenvalue weighted by atomic mass is 35.5. The van der Waals surface area contributed by atoms with Crippen LogP contribution >= 0.6 is 11.6 Å². The molecular formula is C21H18ClFN4. The largest absolute Gasteiger partial charge is 0.359 e. The summed E-state index contributed by atoms with van der Waals surface area (Å²) in [4.78, 5) is 10.5. The zero-order valence-electron chi connectivity index (χ0n) is 14.6. The van der Waals surface area contributed by atoms with E-state index in [1.807, 2.05) is 6.07 Å². The Morgan fingerprint density at radius 3 is 2.70 bits per heavy atom. The first-order valence-corrected chi connectivity index (χ1v) is 9.39. The Hall–Kier alpha value is -2.50. The highest BCUT2D eigenvalue weighted by molar-refractivity contribution is 6.34. The Bertz CT molecular complexity index is 996. The van der Waals surface area contributed by atoms with Crippen LogP contribution in [-0.4, -0.2) is 29.6 Å². The quantitative estimate of drug-likeness (QED) is 0.734. The van der Waals surface area contributed by atoms with Gasteiger partial charge in [0, 0.05) is 55.3 Å². The van der Waals surface area contributed by atoms with Crippen molar-refractivity contribution in [3.8, 4) is 11.1 Å². The van der Waals surface area contributed by atoms with Crippen molar-refractivity contribution in [2.45, 2.75) is 12.0 Å². The third-order valence-corrected chi connectivity index (χ3v) is 6.04. The lowest BCUT2D eigenvalue weighted by molar-refractivity contribution is 0.350. The first-order valence-electron chi connectivity index (χ1n) is 9.01. The maximum absolute atomic E-state index is 14.8. The highest BCUT2D eigenvalue weighted by Crippen LogP contribution is 2.51. The molecule has 1 N–H and O–H groups in total. The van der Waals surface area contributed by atoms with Gasteiger partial charge in [-0.1, -0.05) is 41.9 Å². The number of nitrogens with zero attached hydrogens (tertiary/aromatic N) is 3. The summed E-state index contributed by atoms with van der Waals surface area (Å²) in [5.41, 5.74) is 4.40. The molecule has 2 aliphatic heterocycles. The van der Waals surface area contributed by atoms with Gasteiger partial charge in [-0.25, -0.2) is 14.4 Å². The predicted octanol–water partition coefficient (Wildman–Crippen LogP) is 3.80. The van der Waals surface area contributed by atoms with E-state index in [9.17, 15) is 4.39 Å². The molecule has 0 amide bonds. The van der Waals surface area contributed by atoms with Gasteiger partial charge in [-0.15, -0.1) is 0 Å². The summed E-state index contributed by atoms with van der Waals surface area (Å²) in [6, 6.07) is 12.0. The van der Waals surface area contributed by atoms with Crippen LogP contribution in [0, 0.1) is 5.82 Å². The van der Waals surface area contributed by atoms with E-state index in [-0.39, 0.29) is 10.6 Å². The Kier molecular flexibility index (Phi) is 3.88. The molecule has 5 rings (SSSR count). The number of halogens is 2. The highest BCUT2D eigenvalue weighted by Gasteiger charge is 2.48. The molecule has 6 heteroatoms. The standard InChI is InChI=1S/C21H18ClFN4/c22-20-17(23)8-18-16(19(20)14-10-25-13-26-11-14)9-21(12-24-6-7-27(18)21)15-4-2-1-3-5-15/h1-5,8,10-11,13,24H,6-7,9,12H2/t21-/m1/s1. The fourth-order valence-corrected chi connectivity index (χ4v) is 4.78. The van der Waals surface area contributed by atoms with Crippen molar-refractivity contribution in [1.29, 1.82) is 0 Å². The van der Waals surface area contributed by atoms with Crippen molar-refractivity contribution >= 4 is 17.3 Å². The molecule has 0 aliphatic carbocycles. The summed E-state index contributed by atoms with van der Waals surface area (Å²) in [5.74, 6) is -0.406. The van der Waals surface area contributed by atoms with Gasteiger partial charge in [0.2, 0.25) is 0 Å². The van der Waals surface area contributed by atoms with Gasteiger partial charge < -0.3 is 10.2 Å². The Morgan fingerprint density at radius 1 is 1.15 bits per heavy atom. The summed E-state index contributed by atoms with van der Waals surface area (Å²) in [6.45, 7) is 2.48. The van der Waals surface area contributed by atoms with Crippen molar-refractivity contribution in [3.63, 3.8) is 0 Å². The van der Waals surface area contributed by atoms with Gasteiger partial charge in [-0.05, 0) is 17.2 Å². The van der Waals surface area contributed by atoms with Crippen LogP contribution in [-0.2, 0) is 12.0 Å². The van der Waals surface area contributed by atoms with Crippen LogP contribution in [0.1, 0.15) is 11.1 Å². The van der Waals surface area contributed by atoms with Crippen LogP contribution in [0.5, 0.6) is 0 Å². The SMILES string of the molecule is Fc1cc2c(c(-c3cncnc3)c1Cl)C[C@]1(c3ccccc3)CNCCN21. The van der Waals surface area contributed by atoms with E-state index in [0.29, 0.717) is 5.56 Å². The lowest BCUT2D eigenvalue weighted by atomic mass is 9.83. The Morgan fingerprint density at radius 2 is 1.93 bits per heavy atom. The minimum atomic E-state index is -0.406. The molecule has 1 fully saturated rings. The summed E-state index contributed by atoms with van der Waals surface area (Å²) in [6.07, 6.45) is 5.61. The molecule has 1 aromatic heterocycles. The molecule has 136 valence electrons. The number of nitrogens with one attached hydrogen (secondary N) is 1. The molecule has 3 heterocycles. The van der Waals surface area contributed by atoms with E-state index < -0.39 is 5.82 Å². The number of rotatable bonds is 2. The van der Waals surface area contributed by atoms with Crippen molar-refractivity contribution in [2.24, 2.45) is 0 Å². The van der Waals surface area contributed by atoms with Gasteiger partial charge in [0.05, 0.1) is 10.6 Å². The second-order valence-electron chi connectivity index (χ2n) is 7.08. The summed E-state index contributed by atoms with van der Waals surface area (Å²) in [5, 5.41) is 3.66. The van der Waals surface area contributed by atoms with Crippen molar-refractivity contribution < 1.29 is 4.39 Å². The third-order valence-electron chi connectivity index (χ3n) is 5.67. The maximum Gasteiger partial charge on any atom is 0.144 e. The van der Waals surface area contributed by atoms with E-state index in [0.717, 1.165) is 42.9 Å². The predicted molar refractivity (Wildman–Crippen MR) is 104 cm³/mol. The molecule has 0 radical (unpaired) electrons. The smallest absolute Gasteiger partial charge is 0.144 e. The molecule has 0 saturated carbocycles. The molecule has 0 unspecified atom stereocenters.